The summed E-state index contributed by atoms with van der Waals surface area (Å²) in [5.74, 6) is -1.23. The van der Waals surface area contributed by atoms with Crippen molar-refractivity contribution in [3.63, 3.8) is 0 Å². The van der Waals surface area contributed by atoms with Crippen LogP contribution in [0, 0.1) is 0 Å². The third kappa shape index (κ3) is 32.8. The molecule has 2 rings (SSSR count). The van der Waals surface area contributed by atoms with Gasteiger partial charge in [0.2, 0.25) is 0 Å². The van der Waals surface area contributed by atoms with E-state index in [1.807, 2.05) is 12.1 Å². The molecule has 2 aromatic carbocycles. The number of benzene rings is 2. The molecule has 7 heteroatoms. The van der Waals surface area contributed by atoms with Crippen LogP contribution in [-0.4, -0.2) is 45.6 Å². The topological polar surface area (TPSA) is 124 Å². The van der Waals surface area contributed by atoms with Gasteiger partial charge in [-0.1, -0.05) is 61.7 Å². The lowest BCUT2D eigenvalue weighted by atomic mass is 10.3. The molecule has 0 aliphatic carbocycles. The predicted molar refractivity (Wildman–Crippen MR) is 132 cm³/mol. The molecular formula is C26H34O7. The number of aliphatic carboxylic acids is 2. The standard InChI is InChI=1S/2C6H6O.C6H10O.2C4H6O2/c2*7-6-4-2-1-3-5-6;1-3-5-7-6-4-2;2*1-3(2)4(5)6/h2*1-5,7H;3-4H,1-2,5-6H2;2*1H2,2H3,(H,5,6). The summed E-state index contributed by atoms with van der Waals surface area (Å²) in [4.78, 5) is 19.2. The van der Waals surface area contributed by atoms with Crippen molar-refractivity contribution in [3.8, 4) is 11.5 Å². The molecule has 0 saturated carbocycles. The molecule has 0 atom stereocenters. The summed E-state index contributed by atoms with van der Waals surface area (Å²) in [7, 11) is 0. The average Bonchev–Trinajstić information content (AvgIpc) is 2.77. The number of phenolic OH excluding ortho intramolecular Hbond substituents is 2. The lowest BCUT2D eigenvalue weighted by Gasteiger charge is -1.89. The Balaban J connectivity index is -0.000000342. The lowest BCUT2D eigenvalue weighted by molar-refractivity contribution is -0.133. The number of hydrogen-bond acceptors (Lipinski definition) is 5. The number of hydrogen-bond donors (Lipinski definition) is 4. The van der Waals surface area contributed by atoms with Gasteiger partial charge in [-0.15, -0.1) is 13.2 Å². The van der Waals surface area contributed by atoms with Gasteiger partial charge in [-0.05, 0) is 38.1 Å². The summed E-state index contributed by atoms with van der Waals surface area (Å²) in [6.07, 6.45) is 3.42. The van der Waals surface area contributed by atoms with Gasteiger partial charge in [0.1, 0.15) is 11.5 Å². The van der Waals surface area contributed by atoms with E-state index in [1.165, 1.54) is 13.8 Å². The first kappa shape index (κ1) is 33.5. The number of carboxylic acids is 2. The quantitative estimate of drug-likeness (QED) is 0.258. The molecule has 0 spiro atoms. The van der Waals surface area contributed by atoms with E-state index in [1.54, 1.807) is 60.7 Å². The van der Waals surface area contributed by atoms with Gasteiger partial charge in [-0.2, -0.15) is 0 Å². The number of para-hydroxylation sites is 2. The van der Waals surface area contributed by atoms with E-state index in [0.717, 1.165) is 0 Å². The summed E-state index contributed by atoms with van der Waals surface area (Å²) in [5.41, 5.74) is 0.352. The van der Waals surface area contributed by atoms with E-state index in [-0.39, 0.29) is 11.1 Å². The maximum absolute atomic E-state index is 9.60. The second-order valence-corrected chi connectivity index (χ2v) is 5.96. The van der Waals surface area contributed by atoms with Crippen molar-refractivity contribution in [2.75, 3.05) is 13.2 Å². The fourth-order valence-electron chi connectivity index (χ4n) is 1.09. The number of carboxylic acid groups (broad SMARTS) is 2. The minimum atomic E-state index is -0.935. The summed E-state index contributed by atoms with van der Waals surface area (Å²) in [6.45, 7) is 17.4. The molecule has 7 nitrogen and oxygen atoms in total. The smallest absolute Gasteiger partial charge is 0.330 e. The van der Waals surface area contributed by atoms with Gasteiger partial charge in [-0.25, -0.2) is 9.59 Å². The van der Waals surface area contributed by atoms with Crippen LogP contribution in [0.25, 0.3) is 0 Å². The van der Waals surface area contributed by atoms with Crippen molar-refractivity contribution >= 4 is 11.9 Å². The second-order valence-electron chi connectivity index (χ2n) is 5.96. The molecule has 0 radical (unpaired) electrons. The molecule has 0 bridgehead atoms. The maximum Gasteiger partial charge on any atom is 0.330 e. The van der Waals surface area contributed by atoms with Crippen molar-refractivity contribution in [3.05, 3.63) is 110 Å². The van der Waals surface area contributed by atoms with Crippen molar-refractivity contribution in [2.45, 2.75) is 13.8 Å². The largest absolute Gasteiger partial charge is 0.508 e. The van der Waals surface area contributed by atoms with Crippen LogP contribution in [0.15, 0.2) is 110 Å². The molecular weight excluding hydrogens is 424 g/mol. The Morgan fingerprint density at radius 3 is 1.09 bits per heavy atom. The molecule has 0 unspecified atom stereocenters. The Hall–Kier alpha value is -4.10. The third-order valence-electron chi connectivity index (χ3n) is 2.71. The lowest BCUT2D eigenvalue weighted by Crippen LogP contribution is -1.92. The third-order valence-corrected chi connectivity index (χ3v) is 2.71. The number of rotatable bonds is 6. The minimum Gasteiger partial charge on any atom is -0.508 e. The van der Waals surface area contributed by atoms with E-state index in [4.69, 9.17) is 25.2 Å². The normalized spacial score (nSPS) is 8.06. The minimum absolute atomic E-state index is 0.176. The van der Waals surface area contributed by atoms with Crippen molar-refractivity contribution in [2.24, 2.45) is 0 Å². The van der Waals surface area contributed by atoms with Crippen molar-refractivity contribution in [1.82, 2.24) is 0 Å². The number of ether oxygens (including phenoxy) is 1. The molecule has 2 aromatic rings. The van der Waals surface area contributed by atoms with Crippen molar-refractivity contribution < 1.29 is 34.8 Å². The summed E-state index contributed by atoms with van der Waals surface area (Å²) in [6, 6.07) is 17.4. The number of aromatic hydroxyl groups is 2. The highest BCUT2D eigenvalue weighted by Crippen LogP contribution is 2.03. The van der Waals surface area contributed by atoms with E-state index >= 15 is 0 Å². The molecule has 0 heterocycles. The zero-order valence-corrected chi connectivity index (χ0v) is 19.2. The Labute approximate surface area is 195 Å². The molecule has 0 aliphatic rings. The van der Waals surface area contributed by atoms with Gasteiger partial charge < -0.3 is 25.2 Å². The Morgan fingerprint density at radius 1 is 0.727 bits per heavy atom. The number of carbonyl (C=O) groups is 2. The van der Waals surface area contributed by atoms with E-state index in [9.17, 15) is 9.59 Å². The molecule has 0 aliphatic heterocycles. The molecule has 0 fully saturated rings. The molecule has 0 amide bonds. The molecule has 33 heavy (non-hydrogen) atoms. The second kappa shape index (κ2) is 24.2. The summed E-state index contributed by atoms with van der Waals surface area (Å²) < 4.78 is 4.90. The first-order valence-corrected chi connectivity index (χ1v) is 9.54. The first-order chi connectivity index (χ1) is 15.5. The highest BCUT2D eigenvalue weighted by molar-refractivity contribution is 5.85. The summed E-state index contributed by atoms with van der Waals surface area (Å²) in [5, 5.41) is 33.0. The maximum atomic E-state index is 9.60. The number of phenols is 2. The SMILES string of the molecule is C=C(C)C(=O)O.C=C(C)C(=O)O.C=CCOCC=C.Oc1ccccc1.Oc1ccccc1. The van der Waals surface area contributed by atoms with Gasteiger partial charge in [-0.3, -0.25) is 0 Å². The van der Waals surface area contributed by atoms with Crippen LogP contribution in [-0.2, 0) is 14.3 Å². The fourth-order valence-corrected chi connectivity index (χ4v) is 1.09. The van der Waals surface area contributed by atoms with Gasteiger partial charge in [0, 0.05) is 11.1 Å². The van der Waals surface area contributed by atoms with Crippen molar-refractivity contribution in [1.29, 1.82) is 0 Å². The van der Waals surface area contributed by atoms with E-state index in [0.29, 0.717) is 24.7 Å². The van der Waals surface area contributed by atoms with Crippen LogP contribution in [0.3, 0.4) is 0 Å². The van der Waals surface area contributed by atoms with Gasteiger partial charge in [0.25, 0.3) is 0 Å². The van der Waals surface area contributed by atoms with Crippen LogP contribution in [0.5, 0.6) is 11.5 Å². The van der Waals surface area contributed by atoms with Gasteiger partial charge >= 0.3 is 11.9 Å². The summed E-state index contributed by atoms with van der Waals surface area (Å²) >= 11 is 0. The van der Waals surface area contributed by atoms with Gasteiger partial charge in [0.05, 0.1) is 13.2 Å². The molecule has 4 N–H and O–H groups in total. The zero-order chi connectivity index (χ0) is 26.1. The van der Waals surface area contributed by atoms with Gasteiger partial charge in [0.15, 0.2) is 0 Å². The van der Waals surface area contributed by atoms with Crippen LogP contribution >= 0.6 is 0 Å². The van der Waals surface area contributed by atoms with Crippen LogP contribution in [0.2, 0.25) is 0 Å². The van der Waals surface area contributed by atoms with Crippen LogP contribution < -0.4 is 0 Å². The molecule has 180 valence electrons. The van der Waals surface area contributed by atoms with E-state index < -0.39 is 11.9 Å². The Kier molecular flexibility index (Phi) is 24.6. The highest BCUT2D eigenvalue weighted by Gasteiger charge is 1.90. The first-order valence-electron chi connectivity index (χ1n) is 9.54. The highest BCUT2D eigenvalue weighted by atomic mass is 16.5. The zero-order valence-electron chi connectivity index (χ0n) is 19.2. The fraction of sp³-hybridized carbons (Fsp3) is 0.154. The Morgan fingerprint density at radius 2 is 0.970 bits per heavy atom. The van der Waals surface area contributed by atoms with Crippen LogP contribution in [0.4, 0.5) is 0 Å². The predicted octanol–water partition coefficient (Wildman–Crippen LogP) is 5.45. The van der Waals surface area contributed by atoms with Crippen LogP contribution in [0.1, 0.15) is 13.8 Å². The molecule has 0 saturated heterocycles. The van der Waals surface area contributed by atoms with E-state index in [2.05, 4.69) is 26.3 Å². The average molecular weight is 459 g/mol. The monoisotopic (exact) mass is 458 g/mol. The molecule has 0 aromatic heterocycles. The Bertz CT molecular complexity index is 720.